The average Bonchev–Trinajstić information content (AvgIpc) is 1.99. The molecule has 1 aromatic rings. The van der Waals surface area contributed by atoms with E-state index in [0.29, 0.717) is 0 Å². The lowest BCUT2D eigenvalue weighted by molar-refractivity contribution is 0.225. The first kappa shape index (κ1) is 10.9. The van der Waals surface area contributed by atoms with E-state index < -0.39 is 5.43 Å². The number of ether oxygens (including phenoxy) is 1. The van der Waals surface area contributed by atoms with E-state index in [0.717, 1.165) is 0 Å². The molecule has 13 heavy (non-hydrogen) atoms. The minimum atomic E-state index is -0.986. The van der Waals surface area contributed by atoms with Gasteiger partial charge in [0.25, 0.3) is 0 Å². The predicted molar refractivity (Wildman–Crippen MR) is 53.3 cm³/mol. The average molecular weight is 260 g/mol. The van der Waals surface area contributed by atoms with E-state index in [9.17, 15) is 4.79 Å². The van der Waals surface area contributed by atoms with Gasteiger partial charge in [-0.2, -0.15) is 0 Å². The van der Waals surface area contributed by atoms with Gasteiger partial charge in [0.2, 0.25) is 0 Å². The van der Waals surface area contributed by atoms with Gasteiger partial charge in [0.15, 0.2) is 5.75 Å². The van der Waals surface area contributed by atoms with Crippen LogP contribution in [-0.4, -0.2) is 5.43 Å². The van der Waals surface area contributed by atoms with Crippen LogP contribution >= 0.6 is 46.4 Å². The van der Waals surface area contributed by atoms with Crippen molar-refractivity contribution < 1.29 is 9.53 Å². The quantitative estimate of drug-likeness (QED) is 0.553. The molecule has 0 amide bonds. The third-order valence-electron chi connectivity index (χ3n) is 1.17. The van der Waals surface area contributed by atoms with E-state index in [1.54, 1.807) is 0 Å². The monoisotopic (exact) mass is 258 g/mol. The Morgan fingerprint density at radius 1 is 1.08 bits per heavy atom. The highest BCUT2D eigenvalue weighted by Crippen LogP contribution is 2.34. The SMILES string of the molecule is O=C(Cl)Oc1cc(Cl)c(Cl)cc1Cl. The van der Waals surface area contributed by atoms with Crippen LogP contribution in [-0.2, 0) is 0 Å². The molecule has 0 aromatic heterocycles. The zero-order valence-electron chi connectivity index (χ0n) is 5.98. The van der Waals surface area contributed by atoms with Crippen molar-refractivity contribution in [1.29, 1.82) is 0 Å². The summed E-state index contributed by atoms with van der Waals surface area (Å²) in [5.41, 5.74) is -0.986. The minimum absolute atomic E-state index is 0.0797. The fourth-order valence-electron chi connectivity index (χ4n) is 0.669. The maximum Gasteiger partial charge on any atom is 0.409 e. The molecular formula is C7H2Cl4O2. The van der Waals surface area contributed by atoms with E-state index in [1.807, 2.05) is 0 Å². The van der Waals surface area contributed by atoms with E-state index >= 15 is 0 Å². The molecule has 1 aromatic carbocycles. The first-order chi connectivity index (χ1) is 6.00. The highest BCUT2D eigenvalue weighted by atomic mass is 35.5. The van der Waals surface area contributed by atoms with Crippen molar-refractivity contribution in [3.8, 4) is 5.75 Å². The number of carbonyl (C=O) groups is 1. The van der Waals surface area contributed by atoms with Gasteiger partial charge in [-0.25, -0.2) is 4.79 Å². The van der Waals surface area contributed by atoms with Crippen LogP contribution in [0.1, 0.15) is 0 Å². The summed E-state index contributed by atoms with van der Waals surface area (Å²) in [7, 11) is 0. The van der Waals surface area contributed by atoms with Crippen molar-refractivity contribution in [2.45, 2.75) is 0 Å². The molecule has 0 N–H and O–H groups in total. The summed E-state index contributed by atoms with van der Waals surface area (Å²) >= 11 is 21.9. The molecule has 0 bridgehead atoms. The standard InChI is InChI=1S/C7H2Cl4O2/c8-3-1-5(10)6(2-4(3)9)13-7(11)12/h1-2H. The van der Waals surface area contributed by atoms with Gasteiger partial charge in [-0.05, 0) is 6.07 Å². The Kier molecular flexibility index (Phi) is 3.68. The Labute approximate surface area is 94.3 Å². The molecule has 0 aliphatic heterocycles. The normalized spacial score (nSPS) is 9.85. The largest absolute Gasteiger partial charge is 0.413 e. The Morgan fingerprint density at radius 3 is 2.15 bits per heavy atom. The molecule has 0 saturated heterocycles. The minimum Gasteiger partial charge on any atom is -0.413 e. The number of benzene rings is 1. The van der Waals surface area contributed by atoms with Gasteiger partial charge in [0, 0.05) is 17.7 Å². The third-order valence-corrected chi connectivity index (χ3v) is 2.26. The van der Waals surface area contributed by atoms with Crippen LogP contribution in [0.4, 0.5) is 4.79 Å². The molecule has 1 rings (SSSR count). The summed E-state index contributed by atoms with van der Waals surface area (Å²) in [4.78, 5) is 10.4. The number of rotatable bonds is 1. The molecule has 0 unspecified atom stereocenters. The second-order valence-electron chi connectivity index (χ2n) is 2.04. The van der Waals surface area contributed by atoms with Gasteiger partial charge < -0.3 is 4.74 Å². The lowest BCUT2D eigenvalue weighted by Gasteiger charge is -2.03. The topological polar surface area (TPSA) is 26.3 Å². The first-order valence-electron chi connectivity index (χ1n) is 3.02. The molecule has 0 atom stereocenters. The van der Waals surface area contributed by atoms with Crippen LogP contribution in [0.3, 0.4) is 0 Å². The highest BCUT2D eigenvalue weighted by molar-refractivity contribution is 6.61. The molecule has 70 valence electrons. The predicted octanol–water partition coefficient (Wildman–Crippen LogP) is 4.38. The first-order valence-corrected chi connectivity index (χ1v) is 4.53. The van der Waals surface area contributed by atoms with Gasteiger partial charge in [-0.15, -0.1) is 0 Å². The van der Waals surface area contributed by atoms with Gasteiger partial charge in [-0.3, -0.25) is 0 Å². The zero-order chi connectivity index (χ0) is 10.0. The van der Waals surface area contributed by atoms with Crippen LogP contribution in [0.2, 0.25) is 15.1 Å². The summed E-state index contributed by atoms with van der Waals surface area (Å²) in [5, 5.41) is 0.684. The molecule has 0 aliphatic rings. The van der Waals surface area contributed by atoms with Gasteiger partial charge in [0.1, 0.15) is 0 Å². The van der Waals surface area contributed by atoms with E-state index in [2.05, 4.69) is 4.74 Å². The zero-order valence-corrected chi connectivity index (χ0v) is 9.01. The second kappa shape index (κ2) is 4.38. The van der Waals surface area contributed by atoms with Crippen molar-refractivity contribution in [3.63, 3.8) is 0 Å². The Hall–Kier alpha value is -0.150. The van der Waals surface area contributed by atoms with Gasteiger partial charge in [-0.1, -0.05) is 34.8 Å². The van der Waals surface area contributed by atoms with Crippen LogP contribution in [0, 0.1) is 0 Å². The molecule has 0 radical (unpaired) electrons. The summed E-state index contributed by atoms with van der Waals surface area (Å²) in [6.45, 7) is 0. The van der Waals surface area contributed by atoms with Crippen molar-refractivity contribution in [2.75, 3.05) is 0 Å². The third kappa shape index (κ3) is 2.92. The molecule has 2 nitrogen and oxygen atoms in total. The van der Waals surface area contributed by atoms with Gasteiger partial charge >= 0.3 is 5.43 Å². The molecule has 0 fully saturated rings. The van der Waals surface area contributed by atoms with Crippen molar-refractivity contribution in [2.24, 2.45) is 0 Å². The maximum absolute atomic E-state index is 10.4. The fraction of sp³-hybridized carbons (Fsp3) is 0. The Morgan fingerprint density at radius 2 is 1.62 bits per heavy atom. The van der Waals surface area contributed by atoms with Crippen LogP contribution in [0.25, 0.3) is 0 Å². The maximum atomic E-state index is 10.4. The number of carbonyl (C=O) groups excluding carboxylic acids is 1. The molecule has 0 aliphatic carbocycles. The number of halogens is 4. The van der Waals surface area contributed by atoms with Crippen LogP contribution in [0.5, 0.6) is 5.75 Å². The van der Waals surface area contributed by atoms with E-state index in [-0.39, 0.29) is 20.8 Å². The van der Waals surface area contributed by atoms with E-state index in [1.165, 1.54) is 12.1 Å². The molecule has 0 saturated carbocycles. The lowest BCUT2D eigenvalue weighted by Crippen LogP contribution is -1.96. The van der Waals surface area contributed by atoms with E-state index in [4.69, 9.17) is 46.4 Å². The Bertz CT molecular complexity index is 351. The molecule has 6 heteroatoms. The number of hydrogen-bond acceptors (Lipinski definition) is 2. The van der Waals surface area contributed by atoms with Crippen molar-refractivity contribution in [1.82, 2.24) is 0 Å². The lowest BCUT2D eigenvalue weighted by atomic mass is 10.3. The highest BCUT2D eigenvalue weighted by Gasteiger charge is 2.09. The van der Waals surface area contributed by atoms with Crippen molar-refractivity contribution >= 4 is 51.8 Å². The summed E-state index contributed by atoms with van der Waals surface area (Å²) in [5.74, 6) is 0.0797. The summed E-state index contributed by atoms with van der Waals surface area (Å²) in [6, 6.07) is 2.67. The number of hydrogen-bond donors (Lipinski definition) is 0. The summed E-state index contributed by atoms with van der Waals surface area (Å²) < 4.78 is 4.53. The molecule has 0 spiro atoms. The van der Waals surface area contributed by atoms with Gasteiger partial charge in [0.05, 0.1) is 15.1 Å². The fourth-order valence-corrected chi connectivity index (χ4v) is 1.33. The van der Waals surface area contributed by atoms with Crippen molar-refractivity contribution in [3.05, 3.63) is 27.2 Å². The summed E-state index contributed by atoms with van der Waals surface area (Å²) in [6.07, 6.45) is 0. The Balaban J connectivity index is 3.08. The van der Waals surface area contributed by atoms with Crippen LogP contribution < -0.4 is 4.74 Å². The molecular weight excluding hydrogens is 258 g/mol. The second-order valence-corrected chi connectivity index (χ2v) is 3.57. The molecule has 0 heterocycles. The van der Waals surface area contributed by atoms with Crippen LogP contribution in [0.15, 0.2) is 12.1 Å². The smallest absolute Gasteiger partial charge is 0.409 e.